The largest absolute Gasteiger partial charge is 0.393 e. The van der Waals surface area contributed by atoms with Crippen LogP contribution in [0, 0.1) is 5.92 Å². The van der Waals surface area contributed by atoms with Crippen LogP contribution in [0.1, 0.15) is 23.7 Å². The van der Waals surface area contributed by atoms with Crippen molar-refractivity contribution in [3.8, 4) is 0 Å². The molecule has 0 radical (unpaired) electrons. The van der Waals surface area contributed by atoms with Crippen molar-refractivity contribution < 1.29 is 18.3 Å². The molecule has 0 aliphatic carbocycles. The summed E-state index contributed by atoms with van der Waals surface area (Å²) in [5, 5.41) is 12.1. The van der Waals surface area contributed by atoms with E-state index in [1.807, 2.05) is 0 Å². The minimum Gasteiger partial charge on any atom is -0.393 e. The van der Waals surface area contributed by atoms with E-state index >= 15 is 0 Å². The number of hydrogen-bond acceptors (Lipinski definition) is 4. The second kappa shape index (κ2) is 6.13. The zero-order valence-corrected chi connectivity index (χ0v) is 12.9. The molecular formula is C14H20N2O4S. The summed E-state index contributed by atoms with van der Waals surface area (Å²) in [6, 6.07) is 5.87. The number of aliphatic hydroxyl groups is 1. The monoisotopic (exact) mass is 312 g/mol. The predicted octanol–water partition coefficient (Wildman–Crippen LogP) is 0.438. The molecule has 0 spiro atoms. The van der Waals surface area contributed by atoms with Crippen LogP contribution in [0.15, 0.2) is 29.2 Å². The molecule has 1 aliphatic rings. The van der Waals surface area contributed by atoms with Gasteiger partial charge in [-0.2, -0.15) is 4.31 Å². The van der Waals surface area contributed by atoms with Crippen LogP contribution >= 0.6 is 0 Å². The number of aliphatic hydroxyl groups excluding tert-OH is 1. The maximum Gasteiger partial charge on any atom is 0.251 e. The van der Waals surface area contributed by atoms with Crippen molar-refractivity contribution in [2.45, 2.75) is 24.3 Å². The number of rotatable bonds is 4. The molecule has 0 bridgehead atoms. The van der Waals surface area contributed by atoms with Crippen molar-refractivity contribution in [3.63, 3.8) is 0 Å². The Bertz CT molecular complexity index is 610. The summed E-state index contributed by atoms with van der Waals surface area (Å²) in [4.78, 5) is 11.6. The fourth-order valence-corrected chi connectivity index (χ4v) is 3.95. The van der Waals surface area contributed by atoms with Crippen molar-refractivity contribution in [1.29, 1.82) is 0 Å². The zero-order chi connectivity index (χ0) is 15.6. The van der Waals surface area contributed by atoms with Gasteiger partial charge in [0.2, 0.25) is 10.0 Å². The van der Waals surface area contributed by atoms with Gasteiger partial charge in [-0.05, 0) is 43.5 Å². The van der Waals surface area contributed by atoms with Crippen molar-refractivity contribution in [2.75, 3.05) is 20.1 Å². The van der Waals surface area contributed by atoms with E-state index in [9.17, 15) is 18.3 Å². The fourth-order valence-electron chi connectivity index (χ4n) is 2.44. The van der Waals surface area contributed by atoms with Crippen LogP contribution in [0.25, 0.3) is 0 Å². The first-order valence-electron chi connectivity index (χ1n) is 6.86. The standard InChI is InChI=1S/C14H20N2O4S/c1-10(17)12-7-8-16(9-12)21(19,20)13-5-3-11(4-6-13)14(18)15-2/h3-6,10,12,17H,7-9H2,1-2H3,(H,15,18). The Balaban J connectivity index is 2.19. The third kappa shape index (κ3) is 3.25. The van der Waals surface area contributed by atoms with E-state index in [0.29, 0.717) is 25.1 Å². The number of carbonyl (C=O) groups excluding carboxylic acids is 1. The Morgan fingerprint density at radius 2 is 2.00 bits per heavy atom. The molecule has 6 nitrogen and oxygen atoms in total. The van der Waals surface area contributed by atoms with Gasteiger partial charge in [-0.25, -0.2) is 8.42 Å². The second-order valence-electron chi connectivity index (χ2n) is 5.26. The Morgan fingerprint density at radius 3 is 2.48 bits per heavy atom. The van der Waals surface area contributed by atoms with Gasteiger partial charge < -0.3 is 10.4 Å². The van der Waals surface area contributed by atoms with Gasteiger partial charge in [-0.3, -0.25) is 4.79 Å². The lowest BCUT2D eigenvalue weighted by molar-refractivity contribution is 0.0963. The molecule has 7 heteroatoms. The highest BCUT2D eigenvalue weighted by molar-refractivity contribution is 7.89. The van der Waals surface area contributed by atoms with Crippen LogP contribution in [0.3, 0.4) is 0 Å². The maximum atomic E-state index is 12.5. The van der Waals surface area contributed by atoms with Gasteiger partial charge in [0.05, 0.1) is 11.0 Å². The average molecular weight is 312 g/mol. The van der Waals surface area contributed by atoms with Gasteiger partial charge in [0, 0.05) is 25.7 Å². The van der Waals surface area contributed by atoms with Crippen molar-refractivity contribution >= 4 is 15.9 Å². The molecule has 2 atom stereocenters. The summed E-state index contributed by atoms with van der Waals surface area (Å²) in [5.74, 6) is -0.279. The molecule has 1 saturated heterocycles. The van der Waals surface area contributed by atoms with Crippen LogP contribution in [-0.4, -0.2) is 50.0 Å². The van der Waals surface area contributed by atoms with Crippen LogP contribution in [0.4, 0.5) is 0 Å². The van der Waals surface area contributed by atoms with E-state index in [1.165, 1.54) is 35.6 Å². The summed E-state index contributed by atoms with van der Waals surface area (Å²) >= 11 is 0. The molecule has 1 fully saturated rings. The number of carbonyl (C=O) groups is 1. The van der Waals surface area contributed by atoms with Crippen LogP contribution in [0.2, 0.25) is 0 Å². The number of sulfonamides is 1. The fraction of sp³-hybridized carbons (Fsp3) is 0.500. The zero-order valence-electron chi connectivity index (χ0n) is 12.1. The van der Waals surface area contributed by atoms with E-state index < -0.39 is 16.1 Å². The molecule has 1 aromatic carbocycles. The van der Waals surface area contributed by atoms with Crippen LogP contribution < -0.4 is 5.32 Å². The number of benzene rings is 1. The Morgan fingerprint density at radius 1 is 1.38 bits per heavy atom. The molecule has 1 aliphatic heterocycles. The summed E-state index contributed by atoms with van der Waals surface area (Å²) in [6.07, 6.45) is 0.147. The first-order valence-corrected chi connectivity index (χ1v) is 8.30. The van der Waals surface area contributed by atoms with Crippen molar-refractivity contribution in [1.82, 2.24) is 9.62 Å². The quantitative estimate of drug-likeness (QED) is 0.844. The van der Waals surface area contributed by atoms with E-state index in [1.54, 1.807) is 6.92 Å². The van der Waals surface area contributed by atoms with Crippen LogP contribution in [0.5, 0.6) is 0 Å². The Labute approximate surface area is 124 Å². The first kappa shape index (κ1) is 15.9. The normalized spacial score (nSPS) is 21.2. The molecule has 2 N–H and O–H groups in total. The third-order valence-corrected chi connectivity index (χ3v) is 5.73. The molecular weight excluding hydrogens is 292 g/mol. The van der Waals surface area contributed by atoms with Gasteiger partial charge in [-0.15, -0.1) is 0 Å². The predicted molar refractivity (Wildman–Crippen MR) is 78.4 cm³/mol. The molecule has 0 aromatic heterocycles. The lowest BCUT2D eigenvalue weighted by Gasteiger charge is -2.17. The minimum atomic E-state index is -3.56. The highest BCUT2D eigenvalue weighted by Gasteiger charge is 2.34. The lowest BCUT2D eigenvalue weighted by Crippen LogP contribution is -2.30. The molecule has 21 heavy (non-hydrogen) atoms. The highest BCUT2D eigenvalue weighted by Crippen LogP contribution is 2.26. The van der Waals surface area contributed by atoms with E-state index in [4.69, 9.17) is 0 Å². The molecule has 2 rings (SSSR count). The molecule has 2 unspecified atom stereocenters. The smallest absolute Gasteiger partial charge is 0.251 e. The maximum absolute atomic E-state index is 12.5. The van der Waals surface area contributed by atoms with E-state index in [-0.39, 0.29) is 16.7 Å². The number of hydrogen-bond donors (Lipinski definition) is 2. The first-order chi connectivity index (χ1) is 9.86. The number of amides is 1. The van der Waals surface area contributed by atoms with Crippen molar-refractivity contribution in [3.05, 3.63) is 29.8 Å². The van der Waals surface area contributed by atoms with Gasteiger partial charge in [-0.1, -0.05) is 0 Å². The summed E-state index contributed by atoms with van der Waals surface area (Å²) in [5.41, 5.74) is 0.416. The van der Waals surface area contributed by atoms with Gasteiger partial charge in [0.15, 0.2) is 0 Å². The Hall–Kier alpha value is -1.44. The lowest BCUT2D eigenvalue weighted by atomic mass is 10.0. The topological polar surface area (TPSA) is 86.7 Å². The van der Waals surface area contributed by atoms with Crippen molar-refractivity contribution in [2.24, 2.45) is 5.92 Å². The van der Waals surface area contributed by atoms with Crippen LogP contribution in [-0.2, 0) is 10.0 Å². The van der Waals surface area contributed by atoms with E-state index in [2.05, 4.69) is 5.32 Å². The summed E-state index contributed by atoms with van der Waals surface area (Å²) in [6.45, 7) is 2.42. The highest BCUT2D eigenvalue weighted by atomic mass is 32.2. The summed E-state index contributed by atoms with van der Waals surface area (Å²) in [7, 11) is -2.04. The summed E-state index contributed by atoms with van der Waals surface area (Å²) < 4.78 is 26.4. The molecule has 1 heterocycles. The molecule has 1 amide bonds. The molecule has 116 valence electrons. The third-order valence-electron chi connectivity index (χ3n) is 3.85. The second-order valence-corrected chi connectivity index (χ2v) is 7.19. The number of nitrogens with zero attached hydrogens (tertiary/aromatic N) is 1. The minimum absolute atomic E-state index is 0.0232. The van der Waals surface area contributed by atoms with Gasteiger partial charge in [0.1, 0.15) is 0 Å². The SMILES string of the molecule is CNC(=O)c1ccc(S(=O)(=O)N2CCC(C(C)O)C2)cc1. The van der Waals surface area contributed by atoms with E-state index in [0.717, 1.165) is 0 Å². The van der Waals surface area contributed by atoms with Gasteiger partial charge in [0.25, 0.3) is 5.91 Å². The molecule has 1 aromatic rings. The Kier molecular flexibility index (Phi) is 4.65. The molecule has 0 saturated carbocycles. The number of nitrogens with one attached hydrogen (secondary N) is 1. The van der Waals surface area contributed by atoms with Gasteiger partial charge >= 0.3 is 0 Å². The average Bonchev–Trinajstić information content (AvgIpc) is 2.97.